The molecule has 4 amide bonds. The summed E-state index contributed by atoms with van der Waals surface area (Å²) >= 11 is 0. The lowest BCUT2D eigenvalue weighted by Crippen LogP contribution is -2.57. The Morgan fingerprint density at radius 1 is 1.05 bits per heavy atom. The van der Waals surface area contributed by atoms with E-state index in [-0.39, 0.29) is 31.5 Å². The number of nitrogens with zero attached hydrogens (tertiary/aromatic N) is 4. The number of ether oxygens (including phenoxy) is 1. The molecule has 1 aromatic heterocycles. The molecule has 38 heavy (non-hydrogen) atoms. The van der Waals surface area contributed by atoms with Crippen molar-refractivity contribution < 1.29 is 41.1 Å². The maximum atomic E-state index is 14.5. The summed E-state index contributed by atoms with van der Waals surface area (Å²) < 4.78 is 73.7. The van der Waals surface area contributed by atoms with Crippen molar-refractivity contribution in [1.29, 1.82) is 0 Å². The Morgan fingerprint density at radius 3 is 2.32 bits per heavy atom. The van der Waals surface area contributed by atoms with E-state index in [9.17, 15) is 36.3 Å². The van der Waals surface area contributed by atoms with Gasteiger partial charge in [0, 0.05) is 24.8 Å². The summed E-state index contributed by atoms with van der Waals surface area (Å²) in [6, 6.07) is 2.88. The molecule has 1 aromatic carbocycles. The van der Waals surface area contributed by atoms with Gasteiger partial charge in [-0.1, -0.05) is 0 Å². The summed E-state index contributed by atoms with van der Waals surface area (Å²) in [4.78, 5) is 46.5. The average Bonchev–Trinajstić information content (AvgIpc) is 3.01. The zero-order valence-electron chi connectivity index (χ0n) is 20.8. The lowest BCUT2D eigenvalue weighted by atomic mass is 9.85. The van der Waals surface area contributed by atoms with E-state index in [4.69, 9.17) is 4.74 Å². The van der Waals surface area contributed by atoms with E-state index in [0.717, 1.165) is 29.3 Å². The summed E-state index contributed by atoms with van der Waals surface area (Å²) in [7, 11) is 0. The Balaban J connectivity index is 1.71. The number of likely N-dealkylation sites (tertiary alicyclic amines) is 1. The van der Waals surface area contributed by atoms with Crippen molar-refractivity contribution in [3.8, 4) is 0 Å². The van der Waals surface area contributed by atoms with Crippen LogP contribution in [-0.2, 0) is 22.3 Å². The van der Waals surface area contributed by atoms with Gasteiger partial charge in [-0.05, 0) is 63.9 Å². The van der Waals surface area contributed by atoms with Crippen LogP contribution in [-0.4, -0.2) is 57.0 Å². The number of rotatable bonds is 3. The second kappa shape index (κ2) is 9.52. The molecule has 0 unspecified atom stereocenters. The number of aromatic nitrogens is 1. The number of pyridine rings is 1. The summed E-state index contributed by atoms with van der Waals surface area (Å²) in [6.07, 6.45) is -4.79. The highest BCUT2D eigenvalue weighted by Gasteiger charge is 2.59. The molecule has 8 nitrogen and oxygen atoms in total. The van der Waals surface area contributed by atoms with Crippen LogP contribution in [0.3, 0.4) is 0 Å². The third-order valence-corrected chi connectivity index (χ3v) is 6.42. The molecule has 0 saturated carbocycles. The van der Waals surface area contributed by atoms with E-state index < -0.39 is 64.9 Å². The van der Waals surface area contributed by atoms with Gasteiger partial charge >= 0.3 is 18.3 Å². The van der Waals surface area contributed by atoms with Crippen LogP contribution in [0.2, 0.25) is 0 Å². The number of benzene rings is 1. The SMILES string of the molecule is CC(C)(C)OC(=O)N1CCC2(CC1)C(=O)N(c1cc(C(F)(F)F)ccn1)C(=O)N2Cc1cc(F)ccc1F. The first kappa shape index (κ1) is 27.3. The molecule has 0 atom stereocenters. The molecule has 2 aromatic rings. The van der Waals surface area contributed by atoms with Crippen molar-refractivity contribution in [2.24, 2.45) is 0 Å². The Morgan fingerprint density at radius 2 is 1.71 bits per heavy atom. The summed E-state index contributed by atoms with van der Waals surface area (Å²) in [6.45, 7) is 4.47. The van der Waals surface area contributed by atoms with Gasteiger partial charge in [-0.3, -0.25) is 4.79 Å². The Labute approximate surface area is 215 Å². The maximum Gasteiger partial charge on any atom is 0.416 e. The van der Waals surface area contributed by atoms with Crippen molar-refractivity contribution in [3.05, 3.63) is 59.3 Å². The molecule has 0 aliphatic carbocycles. The van der Waals surface area contributed by atoms with E-state index in [0.29, 0.717) is 17.0 Å². The van der Waals surface area contributed by atoms with Gasteiger partial charge in [-0.15, -0.1) is 0 Å². The number of halogens is 5. The topological polar surface area (TPSA) is 83.0 Å². The molecule has 2 aliphatic rings. The molecule has 0 bridgehead atoms. The van der Waals surface area contributed by atoms with Crippen molar-refractivity contribution >= 4 is 23.8 Å². The first-order valence-electron chi connectivity index (χ1n) is 11.7. The normalized spacial score (nSPS) is 17.9. The molecule has 13 heteroatoms. The van der Waals surface area contributed by atoms with Gasteiger partial charge in [0.1, 0.15) is 28.6 Å². The number of anilines is 1. The lowest BCUT2D eigenvalue weighted by Gasteiger charge is -2.42. The Hall–Kier alpha value is -3.77. The second-order valence-corrected chi connectivity index (χ2v) is 10.1. The number of amides is 4. The molecule has 2 aliphatic heterocycles. The zero-order valence-corrected chi connectivity index (χ0v) is 20.8. The summed E-state index contributed by atoms with van der Waals surface area (Å²) in [5, 5.41) is 0. The second-order valence-electron chi connectivity index (χ2n) is 10.1. The van der Waals surface area contributed by atoms with Crippen LogP contribution in [0.5, 0.6) is 0 Å². The maximum absolute atomic E-state index is 14.5. The number of imide groups is 1. The fourth-order valence-corrected chi connectivity index (χ4v) is 4.56. The van der Waals surface area contributed by atoms with Crippen molar-refractivity contribution in [3.63, 3.8) is 0 Å². The number of urea groups is 1. The van der Waals surface area contributed by atoms with Gasteiger partial charge < -0.3 is 14.5 Å². The fraction of sp³-hybridized carbons (Fsp3) is 0.440. The third kappa shape index (κ3) is 5.14. The van der Waals surface area contributed by atoms with Gasteiger partial charge in [0.15, 0.2) is 0 Å². The molecule has 2 fully saturated rings. The number of alkyl halides is 3. The molecular formula is C25H25F5N4O4. The summed E-state index contributed by atoms with van der Waals surface area (Å²) in [5.41, 5.74) is -3.76. The van der Waals surface area contributed by atoms with Crippen molar-refractivity contribution in [2.45, 2.75) is 57.5 Å². The molecule has 3 heterocycles. The number of carbonyl (C=O) groups excluding carboxylic acids is 3. The van der Waals surface area contributed by atoms with E-state index in [1.165, 1.54) is 4.90 Å². The minimum Gasteiger partial charge on any atom is -0.444 e. The molecule has 0 N–H and O–H groups in total. The van der Waals surface area contributed by atoms with Gasteiger partial charge in [0.05, 0.1) is 12.1 Å². The van der Waals surface area contributed by atoms with Crippen LogP contribution < -0.4 is 4.90 Å². The van der Waals surface area contributed by atoms with Crippen LogP contribution >= 0.6 is 0 Å². The minimum atomic E-state index is -4.76. The molecule has 204 valence electrons. The van der Waals surface area contributed by atoms with Crippen LogP contribution in [0, 0.1) is 11.6 Å². The number of hydrogen-bond donors (Lipinski definition) is 0. The van der Waals surface area contributed by atoms with E-state index >= 15 is 0 Å². The molecule has 2 saturated heterocycles. The predicted molar refractivity (Wildman–Crippen MR) is 124 cm³/mol. The van der Waals surface area contributed by atoms with Gasteiger partial charge in [-0.2, -0.15) is 13.2 Å². The van der Waals surface area contributed by atoms with E-state index in [1.54, 1.807) is 20.8 Å². The van der Waals surface area contributed by atoms with E-state index in [1.807, 2.05) is 0 Å². The van der Waals surface area contributed by atoms with Crippen molar-refractivity contribution in [1.82, 2.24) is 14.8 Å². The number of hydrogen-bond acceptors (Lipinski definition) is 5. The smallest absolute Gasteiger partial charge is 0.416 e. The molecule has 0 radical (unpaired) electrons. The van der Waals surface area contributed by atoms with Crippen LogP contribution in [0.25, 0.3) is 0 Å². The largest absolute Gasteiger partial charge is 0.444 e. The van der Waals surface area contributed by atoms with Gasteiger partial charge in [0.25, 0.3) is 5.91 Å². The molecule has 4 rings (SSSR count). The van der Waals surface area contributed by atoms with Gasteiger partial charge in [-0.25, -0.2) is 28.3 Å². The zero-order chi connectivity index (χ0) is 28.0. The van der Waals surface area contributed by atoms with Crippen LogP contribution in [0.1, 0.15) is 44.7 Å². The van der Waals surface area contributed by atoms with Crippen molar-refractivity contribution in [2.75, 3.05) is 18.0 Å². The van der Waals surface area contributed by atoms with E-state index in [2.05, 4.69) is 4.98 Å². The first-order chi connectivity index (χ1) is 17.6. The minimum absolute atomic E-state index is 0.0279. The number of piperidine rings is 1. The Kier molecular flexibility index (Phi) is 6.83. The summed E-state index contributed by atoms with van der Waals surface area (Å²) in [5.74, 6) is -3.02. The highest BCUT2D eigenvalue weighted by molar-refractivity contribution is 6.22. The van der Waals surface area contributed by atoms with Crippen LogP contribution in [0.15, 0.2) is 36.5 Å². The molecular weight excluding hydrogens is 515 g/mol. The lowest BCUT2D eigenvalue weighted by molar-refractivity contribution is -0.137. The average molecular weight is 540 g/mol. The highest BCUT2D eigenvalue weighted by atomic mass is 19.4. The van der Waals surface area contributed by atoms with Gasteiger partial charge in [0.2, 0.25) is 0 Å². The monoisotopic (exact) mass is 540 g/mol. The number of carbonyl (C=O) groups is 3. The molecule has 1 spiro atoms. The standard InChI is InChI=1S/C25H25F5N4O4/c1-23(2,3)38-22(37)32-10-7-24(8-11-32)20(35)34(19-13-16(6-9-31-19)25(28,29)30)21(36)33(24)14-15-12-17(26)4-5-18(15)27/h4-6,9,12-13H,7-8,10-11,14H2,1-3H3. The first-order valence-corrected chi connectivity index (χ1v) is 11.7. The third-order valence-electron chi connectivity index (χ3n) is 6.42. The fourth-order valence-electron chi connectivity index (χ4n) is 4.56. The van der Waals surface area contributed by atoms with Crippen LogP contribution in [0.4, 0.5) is 37.4 Å². The Bertz CT molecular complexity index is 1270. The quantitative estimate of drug-likeness (QED) is 0.399. The predicted octanol–water partition coefficient (Wildman–Crippen LogP) is 5.12. The highest BCUT2D eigenvalue weighted by Crippen LogP contribution is 2.41.